The highest BCUT2D eigenvalue weighted by molar-refractivity contribution is 7.17. The number of piperidine rings is 1. The van der Waals surface area contributed by atoms with Crippen LogP contribution in [0.15, 0.2) is 48.9 Å². The quantitative estimate of drug-likeness (QED) is 0.748. The number of anilines is 1. The number of nitrogens with one attached hydrogen (secondary N) is 1. The molecule has 4 heterocycles. The van der Waals surface area contributed by atoms with E-state index < -0.39 is 0 Å². The molecule has 0 unspecified atom stereocenters. The molecule has 1 aliphatic rings. The molecule has 7 nitrogen and oxygen atoms in total. The third-order valence-corrected chi connectivity index (χ3v) is 5.46. The number of hydrogen-bond donors (Lipinski definition) is 1. The second-order valence-corrected chi connectivity index (χ2v) is 7.22. The lowest BCUT2D eigenvalue weighted by atomic mass is 9.97. The first-order chi connectivity index (χ1) is 12.8. The second kappa shape index (κ2) is 7.65. The second-order valence-electron chi connectivity index (χ2n) is 6.28. The molecule has 0 saturated carbocycles. The van der Waals surface area contributed by atoms with Crippen molar-refractivity contribution >= 4 is 22.4 Å². The van der Waals surface area contributed by atoms with Crippen molar-refractivity contribution in [3.8, 4) is 5.13 Å². The molecule has 3 aromatic heterocycles. The molecule has 0 bridgehead atoms. The molecular formula is C18H20N6OS. The van der Waals surface area contributed by atoms with Crippen molar-refractivity contribution in [2.75, 3.05) is 18.0 Å². The summed E-state index contributed by atoms with van der Waals surface area (Å²) in [5, 5.41) is 13.3. The minimum Gasteiger partial charge on any atom is -0.350 e. The Morgan fingerprint density at radius 1 is 1.19 bits per heavy atom. The van der Waals surface area contributed by atoms with Crippen LogP contribution in [0.5, 0.6) is 0 Å². The number of nitrogens with zero attached hydrogens (tertiary/aromatic N) is 5. The predicted octanol–water partition coefficient (Wildman–Crippen LogP) is 2.26. The third kappa shape index (κ3) is 3.75. The molecule has 26 heavy (non-hydrogen) atoms. The molecule has 1 amide bonds. The Labute approximate surface area is 155 Å². The summed E-state index contributed by atoms with van der Waals surface area (Å²) in [5.41, 5.74) is 0.869. The molecule has 8 heteroatoms. The van der Waals surface area contributed by atoms with E-state index in [0.29, 0.717) is 13.1 Å². The molecule has 1 atom stereocenters. The number of hydrogen-bond acceptors (Lipinski definition) is 6. The van der Waals surface area contributed by atoms with Crippen molar-refractivity contribution in [1.82, 2.24) is 25.1 Å². The van der Waals surface area contributed by atoms with Crippen LogP contribution in [0.4, 0.5) is 5.13 Å². The zero-order valence-electron chi connectivity index (χ0n) is 14.3. The summed E-state index contributed by atoms with van der Waals surface area (Å²) < 4.78 is 1.95. The predicted molar refractivity (Wildman–Crippen MR) is 100 cm³/mol. The Kier molecular flexibility index (Phi) is 4.92. The molecule has 0 aliphatic carbocycles. The maximum atomic E-state index is 12.5. The van der Waals surface area contributed by atoms with E-state index in [1.165, 1.54) is 0 Å². The molecule has 1 N–H and O–H groups in total. The van der Waals surface area contributed by atoms with Crippen molar-refractivity contribution in [2.45, 2.75) is 19.4 Å². The van der Waals surface area contributed by atoms with Gasteiger partial charge in [0.05, 0.1) is 18.2 Å². The van der Waals surface area contributed by atoms with Gasteiger partial charge in [0.25, 0.3) is 0 Å². The van der Waals surface area contributed by atoms with Crippen molar-refractivity contribution in [3.63, 3.8) is 0 Å². The molecule has 1 fully saturated rings. The third-order valence-electron chi connectivity index (χ3n) is 4.46. The fraction of sp³-hybridized carbons (Fsp3) is 0.333. The molecular weight excluding hydrogens is 348 g/mol. The average molecular weight is 368 g/mol. The lowest BCUT2D eigenvalue weighted by Crippen LogP contribution is -2.43. The van der Waals surface area contributed by atoms with Gasteiger partial charge in [-0.2, -0.15) is 0 Å². The SMILES string of the molecule is O=C(NCc1ccccn1)[C@H]1CCCN(c2nnc(-n3cccc3)s2)C1. The molecule has 1 aliphatic heterocycles. The van der Waals surface area contributed by atoms with E-state index in [4.69, 9.17) is 0 Å². The zero-order chi connectivity index (χ0) is 17.8. The van der Waals surface area contributed by atoms with Crippen LogP contribution < -0.4 is 10.2 Å². The first-order valence-electron chi connectivity index (χ1n) is 8.69. The van der Waals surface area contributed by atoms with E-state index in [1.807, 2.05) is 47.3 Å². The van der Waals surface area contributed by atoms with E-state index in [1.54, 1.807) is 17.5 Å². The first-order valence-corrected chi connectivity index (χ1v) is 9.50. The Morgan fingerprint density at radius 2 is 2.04 bits per heavy atom. The van der Waals surface area contributed by atoms with Crippen LogP contribution in [0.3, 0.4) is 0 Å². The zero-order valence-corrected chi connectivity index (χ0v) is 15.1. The molecule has 0 aromatic carbocycles. The lowest BCUT2D eigenvalue weighted by molar-refractivity contribution is -0.125. The standard InChI is InChI=1S/C18H20N6OS/c25-16(20-12-15-7-1-2-8-19-15)14-6-5-11-24(13-14)18-22-21-17(26-18)23-9-3-4-10-23/h1-4,7-10,14H,5-6,11-13H2,(H,20,25)/t14-/m0/s1. The van der Waals surface area contributed by atoms with Crippen LogP contribution in [0.2, 0.25) is 0 Å². The van der Waals surface area contributed by atoms with Crippen LogP contribution in [-0.4, -0.2) is 38.7 Å². The van der Waals surface area contributed by atoms with Gasteiger partial charge in [-0.15, -0.1) is 10.2 Å². The van der Waals surface area contributed by atoms with Crippen LogP contribution in [-0.2, 0) is 11.3 Å². The van der Waals surface area contributed by atoms with Gasteiger partial charge in [-0.25, -0.2) is 0 Å². The van der Waals surface area contributed by atoms with E-state index in [2.05, 4.69) is 25.4 Å². The average Bonchev–Trinajstić information content (AvgIpc) is 3.38. The molecule has 4 rings (SSSR count). The Bertz CT molecular complexity index is 848. The summed E-state index contributed by atoms with van der Waals surface area (Å²) >= 11 is 1.55. The number of rotatable bonds is 5. The minimum absolute atomic E-state index is 0.0357. The van der Waals surface area contributed by atoms with Gasteiger partial charge in [0, 0.05) is 31.7 Å². The van der Waals surface area contributed by atoms with E-state index in [-0.39, 0.29) is 11.8 Å². The van der Waals surface area contributed by atoms with Crippen molar-refractivity contribution in [3.05, 3.63) is 54.6 Å². The number of carbonyl (C=O) groups excluding carboxylic acids is 1. The van der Waals surface area contributed by atoms with Gasteiger partial charge >= 0.3 is 0 Å². The summed E-state index contributed by atoms with van der Waals surface area (Å²) in [5.74, 6) is 0.0434. The molecule has 3 aromatic rings. The largest absolute Gasteiger partial charge is 0.350 e. The molecule has 0 radical (unpaired) electrons. The summed E-state index contributed by atoms with van der Waals surface area (Å²) in [7, 11) is 0. The van der Waals surface area contributed by atoms with Crippen LogP contribution in [0, 0.1) is 5.92 Å². The van der Waals surface area contributed by atoms with Gasteiger partial charge < -0.3 is 10.2 Å². The highest BCUT2D eigenvalue weighted by atomic mass is 32.1. The summed E-state index contributed by atoms with van der Waals surface area (Å²) in [6.45, 7) is 2.05. The van der Waals surface area contributed by atoms with Gasteiger partial charge in [0.1, 0.15) is 0 Å². The van der Waals surface area contributed by atoms with Crippen LogP contribution in [0.1, 0.15) is 18.5 Å². The lowest BCUT2D eigenvalue weighted by Gasteiger charge is -2.31. The number of amides is 1. The number of carbonyl (C=O) groups is 1. The smallest absolute Gasteiger partial charge is 0.225 e. The summed E-state index contributed by atoms with van der Waals surface area (Å²) in [6, 6.07) is 9.63. The monoisotopic (exact) mass is 368 g/mol. The molecule has 1 saturated heterocycles. The normalized spacial score (nSPS) is 17.2. The molecule has 0 spiro atoms. The topological polar surface area (TPSA) is 75.9 Å². The van der Waals surface area contributed by atoms with Gasteiger partial charge in [-0.3, -0.25) is 14.3 Å². The van der Waals surface area contributed by atoms with E-state index in [0.717, 1.165) is 35.3 Å². The van der Waals surface area contributed by atoms with E-state index >= 15 is 0 Å². The summed E-state index contributed by atoms with van der Waals surface area (Å²) in [6.07, 6.45) is 7.51. The minimum atomic E-state index is -0.0357. The van der Waals surface area contributed by atoms with Gasteiger partial charge in [0.15, 0.2) is 0 Å². The highest BCUT2D eigenvalue weighted by Crippen LogP contribution is 2.27. The van der Waals surface area contributed by atoms with Crippen LogP contribution in [0.25, 0.3) is 5.13 Å². The van der Waals surface area contributed by atoms with Gasteiger partial charge in [-0.05, 0) is 37.1 Å². The fourth-order valence-corrected chi connectivity index (χ4v) is 3.94. The number of pyridine rings is 1. The van der Waals surface area contributed by atoms with Crippen molar-refractivity contribution in [2.24, 2.45) is 5.92 Å². The maximum Gasteiger partial charge on any atom is 0.225 e. The van der Waals surface area contributed by atoms with Gasteiger partial charge in [-0.1, -0.05) is 17.4 Å². The van der Waals surface area contributed by atoms with Crippen LogP contribution >= 0.6 is 11.3 Å². The fourth-order valence-electron chi connectivity index (χ4n) is 3.09. The Hall–Kier alpha value is -2.74. The molecule has 134 valence electrons. The Balaban J connectivity index is 1.37. The highest BCUT2D eigenvalue weighted by Gasteiger charge is 2.27. The van der Waals surface area contributed by atoms with E-state index in [9.17, 15) is 4.79 Å². The Morgan fingerprint density at radius 3 is 2.85 bits per heavy atom. The first kappa shape index (κ1) is 16.7. The van der Waals surface area contributed by atoms with Crippen molar-refractivity contribution < 1.29 is 4.79 Å². The summed E-state index contributed by atoms with van der Waals surface area (Å²) in [4.78, 5) is 18.9. The van der Waals surface area contributed by atoms with Crippen molar-refractivity contribution in [1.29, 1.82) is 0 Å². The maximum absolute atomic E-state index is 12.5. The van der Waals surface area contributed by atoms with Gasteiger partial charge in [0.2, 0.25) is 16.2 Å². The number of aromatic nitrogens is 4.